The van der Waals surface area contributed by atoms with Crippen LogP contribution in [0.3, 0.4) is 0 Å². The van der Waals surface area contributed by atoms with Crippen molar-refractivity contribution in [3.05, 3.63) is 12.2 Å². The summed E-state index contributed by atoms with van der Waals surface area (Å²) >= 11 is 0. The molecule has 0 bridgehead atoms. The highest BCUT2D eigenvalue weighted by Crippen LogP contribution is 2.17. The Morgan fingerprint density at radius 2 is 1.02 bits per heavy atom. The standard InChI is InChI=1S/C23H45NO3.C16H32O/c1-3-4-5-6-7-8-9-10-11-12-13-14-15-16-17-18-23(25)27-22-20-24-19-21-26-2;1-3-5-7-9-10-12-14-16(15-17)13-11-8-6-4-2/h10-11,24H,3-9,12-22H2,1-2H3;15-16H,3-14H2,1-2H3/b11-10-;. The largest absolute Gasteiger partial charge is 0.464 e. The molecule has 0 amide bonds. The highest BCUT2D eigenvalue weighted by atomic mass is 16.5. The molecule has 0 rings (SSSR count). The van der Waals surface area contributed by atoms with Gasteiger partial charge in [0.1, 0.15) is 12.9 Å². The number of unbranched alkanes of at least 4 members (excludes halogenated alkanes) is 19. The number of esters is 1. The second-order valence-electron chi connectivity index (χ2n) is 12.6. The average Bonchev–Trinajstić information content (AvgIpc) is 3.03. The molecule has 0 saturated heterocycles. The van der Waals surface area contributed by atoms with E-state index >= 15 is 0 Å². The van der Waals surface area contributed by atoms with Gasteiger partial charge in [0.2, 0.25) is 0 Å². The Kier molecular flexibility index (Phi) is 42.7. The van der Waals surface area contributed by atoms with Crippen molar-refractivity contribution in [1.29, 1.82) is 0 Å². The minimum absolute atomic E-state index is 0.0684. The van der Waals surface area contributed by atoms with Crippen molar-refractivity contribution in [3.63, 3.8) is 0 Å². The molecule has 0 aromatic heterocycles. The van der Waals surface area contributed by atoms with Gasteiger partial charge in [-0.25, -0.2) is 0 Å². The first-order valence-electron chi connectivity index (χ1n) is 19.1. The molecule has 262 valence electrons. The predicted molar refractivity (Wildman–Crippen MR) is 191 cm³/mol. The molecule has 0 aliphatic carbocycles. The van der Waals surface area contributed by atoms with E-state index in [9.17, 15) is 9.59 Å². The van der Waals surface area contributed by atoms with E-state index in [0.29, 0.717) is 32.1 Å². The first kappa shape index (κ1) is 44.9. The van der Waals surface area contributed by atoms with Gasteiger partial charge in [0, 0.05) is 32.5 Å². The molecule has 0 spiro atoms. The molecular formula is C39H77NO4. The van der Waals surface area contributed by atoms with Gasteiger partial charge in [0.25, 0.3) is 0 Å². The van der Waals surface area contributed by atoms with Crippen molar-refractivity contribution in [2.75, 3.05) is 33.4 Å². The number of aldehydes is 1. The van der Waals surface area contributed by atoms with Crippen molar-refractivity contribution in [2.24, 2.45) is 5.92 Å². The second kappa shape index (κ2) is 41.8. The van der Waals surface area contributed by atoms with Gasteiger partial charge >= 0.3 is 5.97 Å². The van der Waals surface area contributed by atoms with Gasteiger partial charge in [-0.1, -0.05) is 148 Å². The van der Waals surface area contributed by atoms with E-state index in [0.717, 1.165) is 32.2 Å². The van der Waals surface area contributed by atoms with Crippen molar-refractivity contribution in [3.8, 4) is 0 Å². The lowest BCUT2D eigenvalue weighted by Crippen LogP contribution is -2.24. The maximum absolute atomic E-state index is 11.6. The number of hydrogen-bond donors (Lipinski definition) is 1. The van der Waals surface area contributed by atoms with E-state index in [2.05, 4.69) is 38.2 Å². The number of rotatable bonds is 34. The van der Waals surface area contributed by atoms with E-state index in [1.165, 1.54) is 141 Å². The topological polar surface area (TPSA) is 64.6 Å². The summed E-state index contributed by atoms with van der Waals surface area (Å²) in [5, 5.41) is 3.16. The van der Waals surface area contributed by atoms with E-state index in [1.54, 1.807) is 7.11 Å². The molecule has 0 saturated carbocycles. The maximum atomic E-state index is 11.6. The van der Waals surface area contributed by atoms with Gasteiger partial charge < -0.3 is 19.6 Å². The van der Waals surface area contributed by atoms with Crippen LogP contribution in [0.2, 0.25) is 0 Å². The molecule has 0 aliphatic rings. The molecule has 5 nitrogen and oxygen atoms in total. The summed E-state index contributed by atoms with van der Waals surface area (Å²) < 4.78 is 10.1. The SMILES string of the molecule is CCCCCCCC/C=C\CCCCCCCC(=O)OCCNCCOC.CCCCCCCCC(C=O)CCCCCC. The minimum Gasteiger partial charge on any atom is -0.464 e. The minimum atomic E-state index is -0.0684. The van der Waals surface area contributed by atoms with Crippen LogP contribution in [-0.2, 0) is 19.1 Å². The third kappa shape index (κ3) is 40.8. The van der Waals surface area contributed by atoms with Crippen molar-refractivity contribution >= 4 is 12.3 Å². The second-order valence-corrected chi connectivity index (χ2v) is 12.6. The van der Waals surface area contributed by atoms with Crippen LogP contribution in [0.15, 0.2) is 12.2 Å². The number of ether oxygens (including phenoxy) is 2. The number of methoxy groups -OCH3 is 1. The van der Waals surface area contributed by atoms with Crippen LogP contribution in [0.25, 0.3) is 0 Å². The Bertz CT molecular complexity index is 580. The third-order valence-corrected chi connectivity index (χ3v) is 8.22. The molecule has 1 atom stereocenters. The van der Waals surface area contributed by atoms with Gasteiger partial charge in [-0.2, -0.15) is 0 Å². The highest BCUT2D eigenvalue weighted by Gasteiger charge is 2.06. The fourth-order valence-corrected chi connectivity index (χ4v) is 5.25. The monoisotopic (exact) mass is 624 g/mol. The van der Waals surface area contributed by atoms with Crippen molar-refractivity contribution < 1.29 is 19.1 Å². The number of nitrogens with one attached hydrogen (secondary N) is 1. The molecule has 0 heterocycles. The van der Waals surface area contributed by atoms with Crippen molar-refractivity contribution in [1.82, 2.24) is 5.32 Å². The third-order valence-electron chi connectivity index (χ3n) is 8.22. The molecule has 1 unspecified atom stereocenters. The molecule has 5 heteroatoms. The first-order chi connectivity index (χ1) is 21.7. The number of carbonyl (C=O) groups is 2. The fraction of sp³-hybridized carbons (Fsp3) is 0.897. The summed E-state index contributed by atoms with van der Waals surface area (Å²) in [4.78, 5) is 22.5. The summed E-state index contributed by atoms with van der Waals surface area (Å²) in [5.74, 6) is 0.277. The Morgan fingerprint density at radius 1 is 0.591 bits per heavy atom. The van der Waals surface area contributed by atoms with Crippen LogP contribution in [0.5, 0.6) is 0 Å². The molecule has 0 aromatic rings. The Labute approximate surface area is 275 Å². The summed E-state index contributed by atoms with van der Waals surface area (Å²) in [7, 11) is 1.68. The molecule has 0 aliphatic heterocycles. The van der Waals surface area contributed by atoms with Gasteiger partial charge in [-0.3, -0.25) is 4.79 Å². The van der Waals surface area contributed by atoms with Crippen LogP contribution in [0.4, 0.5) is 0 Å². The van der Waals surface area contributed by atoms with Gasteiger partial charge in [0.15, 0.2) is 0 Å². The van der Waals surface area contributed by atoms with Gasteiger partial charge in [-0.05, 0) is 44.9 Å². The summed E-state index contributed by atoms with van der Waals surface area (Å²) in [6, 6.07) is 0. The Hall–Kier alpha value is -1.20. The summed E-state index contributed by atoms with van der Waals surface area (Å²) in [6.45, 7) is 9.37. The van der Waals surface area contributed by atoms with E-state index < -0.39 is 0 Å². The zero-order chi connectivity index (χ0) is 32.6. The Morgan fingerprint density at radius 3 is 1.52 bits per heavy atom. The predicted octanol–water partition coefficient (Wildman–Crippen LogP) is 11.3. The smallest absolute Gasteiger partial charge is 0.305 e. The van der Waals surface area contributed by atoms with E-state index in [4.69, 9.17) is 9.47 Å². The lowest BCUT2D eigenvalue weighted by atomic mass is 9.95. The molecule has 0 fully saturated rings. The van der Waals surface area contributed by atoms with E-state index in [-0.39, 0.29) is 5.97 Å². The van der Waals surface area contributed by atoms with Crippen LogP contribution in [0.1, 0.15) is 188 Å². The van der Waals surface area contributed by atoms with Crippen LogP contribution < -0.4 is 5.32 Å². The van der Waals surface area contributed by atoms with Gasteiger partial charge in [-0.15, -0.1) is 0 Å². The van der Waals surface area contributed by atoms with Crippen LogP contribution in [0, 0.1) is 5.92 Å². The number of hydrogen-bond acceptors (Lipinski definition) is 5. The van der Waals surface area contributed by atoms with Gasteiger partial charge in [0.05, 0.1) is 6.61 Å². The fourth-order valence-electron chi connectivity index (χ4n) is 5.25. The Balaban J connectivity index is 0. The summed E-state index contributed by atoms with van der Waals surface area (Å²) in [6.07, 6.45) is 38.4. The zero-order valence-electron chi connectivity index (χ0n) is 30.2. The summed E-state index contributed by atoms with van der Waals surface area (Å²) in [5.41, 5.74) is 0. The maximum Gasteiger partial charge on any atom is 0.305 e. The molecule has 1 N–H and O–H groups in total. The first-order valence-corrected chi connectivity index (χ1v) is 19.1. The normalized spacial score (nSPS) is 11.8. The number of carbonyl (C=O) groups excluding carboxylic acids is 2. The van der Waals surface area contributed by atoms with E-state index in [1.807, 2.05) is 0 Å². The molecular weight excluding hydrogens is 546 g/mol. The van der Waals surface area contributed by atoms with Crippen LogP contribution in [-0.4, -0.2) is 45.7 Å². The quantitative estimate of drug-likeness (QED) is 0.0334. The molecule has 0 aromatic carbocycles. The van der Waals surface area contributed by atoms with Crippen LogP contribution >= 0.6 is 0 Å². The lowest BCUT2D eigenvalue weighted by molar-refractivity contribution is -0.143. The average molecular weight is 624 g/mol. The number of allylic oxidation sites excluding steroid dienone is 2. The lowest BCUT2D eigenvalue weighted by Gasteiger charge is -2.09. The molecule has 44 heavy (non-hydrogen) atoms. The molecule has 0 radical (unpaired) electrons. The zero-order valence-corrected chi connectivity index (χ0v) is 30.2. The highest BCUT2D eigenvalue weighted by molar-refractivity contribution is 5.69. The van der Waals surface area contributed by atoms with Crippen molar-refractivity contribution in [2.45, 2.75) is 188 Å².